The molecule has 1 aliphatic rings. The monoisotopic (exact) mass is 220 g/mol. The van der Waals surface area contributed by atoms with Gasteiger partial charge >= 0.3 is 0 Å². The molecule has 0 saturated carbocycles. The van der Waals surface area contributed by atoms with E-state index < -0.39 is 0 Å². The van der Waals surface area contributed by atoms with Gasteiger partial charge in [-0.3, -0.25) is 4.79 Å². The van der Waals surface area contributed by atoms with Crippen LogP contribution in [0.5, 0.6) is 11.5 Å². The van der Waals surface area contributed by atoms with Gasteiger partial charge in [0.2, 0.25) is 5.78 Å². The maximum atomic E-state index is 11.9. The molecule has 3 nitrogen and oxygen atoms in total. The molecule has 3 heteroatoms. The Balaban J connectivity index is 2.17. The Morgan fingerprint density at radius 3 is 2.94 bits per heavy atom. The molecule has 2 rings (SSSR count). The zero-order chi connectivity index (χ0) is 11.5. The number of carbonyl (C=O) groups excluding carboxylic acids is 1. The van der Waals surface area contributed by atoms with Gasteiger partial charge in [0, 0.05) is 6.07 Å². The van der Waals surface area contributed by atoms with Crippen LogP contribution in [-0.4, -0.2) is 19.0 Å². The summed E-state index contributed by atoms with van der Waals surface area (Å²) in [6, 6.07) is 5.35. The molecule has 0 N–H and O–H groups in total. The van der Waals surface area contributed by atoms with Crippen LogP contribution < -0.4 is 9.47 Å². The van der Waals surface area contributed by atoms with Crippen LogP contribution in [0.15, 0.2) is 18.2 Å². The third-order valence-electron chi connectivity index (χ3n) is 2.84. The standard InChI is InChI=1S/C13H16O3/c1-3-4-5-11-13(14)10-7-6-9(15-2)8-12(10)16-11/h6-8,11H,3-5H2,1-2H3. The van der Waals surface area contributed by atoms with E-state index in [-0.39, 0.29) is 11.9 Å². The quantitative estimate of drug-likeness (QED) is 0.782. The first kappa shape index (κ1) is 11.0. The van der Waals surface area contributed by atoms with Crippen LogP contribution in [0.3, 0.4) is 0 Å². The lowest BCUT2D eigenvalue weighted by molar-refractivity contribution is 0.0843. The number of benzene rings is 1. The van der Waals surface area contributed by atoms with Gasteiger partial charge in [-0.25, -0.2) is 0 Å². The average molecular weight is 220 g/mol. The maximum Gasteiger partial charge on any atom is 0.207 e. The van der Waals surface area contributed by atoms with E-state index in [1.165, 1.54) is 0 Å². The first-order chi connectivity index (χ1) is 7.76. The van der Waals surface area contributed by atoms with E-state index in [2.05, 4.69) is 6.92 Å². The first-order valence-electron chi connectivity index (χ1n) is 5.65. The summed E-state index contributed by atoms with van der Waals surface area (Å²) in [4.78, 5) is 11.9. The molecule has 0 bridgehead atoms. The van der Waals surface area contributed by atoms with Gasteiger partial charge in [0.15, 0.2) is 6.10 Å². The average Bonchev–Trinajstić information content (AvgIpc) is 2.63. The lowest BCUT2D eigenvalue weighted by Gasteiger charge is -2.07. The van der Waals surface area contributed by atoms with Gasteiger partial charge < -0.3 is 9.47 Å². The van der Waals surface area contributed by atoms with Gasteiger partial charge in [0.25, 0.3) is 0 Å². The van der Waals surface area contributed by atoms with Crippen molar-refractivity contribution < 1.29 is 14.3 Å². The van der Waals surface area contributed by atoms with Crippen molar-refractivity contribution in [1.29, 1.82) is 0 Å². The van der Waals surface area contributed by atoms with Crippen LogP contribution in [0.2, 0.25) is 0 Å². The Morgan fingerprint density at radius 1 is 1.44 bits per heavy atom. The summed E-state index contributed by atoms with van der Waals surface area (Å²) in [5.74, 6) is 1.49. The fourth-order valence-electron chi connectivity index (χ4n) is 1.89. The van der Waals surface area contributed by atoms with E-state index in [4.69, 9.17) is 9.47 Å². The van der Waals surface area contributed by atoms with Crippen molar-refractivity contribution in [3.63, 3.8) is 0 Å². The summed E-state index contributed by atoms with van der Waals surface area (Å²) in [6.45, 7) is 2.11. The predicted octanol–water partition coefficient (Wildman–Crippen LogP) is 2.83. The SMILES string of the molecule is CCCCC1Oc2cc(OC)ccc2C1=O. The van der Waals surface area contributed by atoms with Gasteiger partial charge in [-0.05, 0) is 25.0 Å². The van der Waals surface area contributed by atoms with E-state index in [1.54, 1.807) is 25.3 Å². The van der Waals surface area contributed by atoms with Crippen LogP contribution in [-0.2, 0) is 0 Å². The largest absolute Gasteiger partial charge is 0.497 e. The van der Waals surface area contributed by atoms with Gasteiger partial charge in [0.1, 0.15) is 11.5 Å². The van der Waals surface area contributed by atoms with Gasteiger partial charge in [-0.2, -0.15) is 0 Å². The van der Waals surface area contributed by atoms with Crippen LogP contribution >= 0.6 is 0 Å². The Hall–Kier alpha value is -1.51. The summed E-state index contributed by atoms with van der Waals surface area (Å²) in [6.07, 6.45) is 2.60. The van der Waals surface area contributed by atoms with Gasteiger partial charge in [-0.1, -0.05) is 13.3 Å². The van der Waals surface area contributed by atoms with Crippen LogP contribution in [0.1, 0.15) is 36.5 Å². The van der Waals surface area contributed by atoms with E-state index in [0.29, 0.717) is 11.3 Å². The fraction of sp³-hybridized carbons (Fsp3) is 0.462. The highest BCUT2D eigenvalue weighted by Gasteiger charge is 2.31. The van der Waals surface area contributed by atoms with E-state index >= 15 is 0 Å². The summed E-state index contributed by atoms with van der Waals surface area (Å²) < 4.78 is 10.7. The molecule has 0 saturated heterocycles. The molecule has 0 fully saturated rings. The number of ketones is 1. The number of rotatable bonds is 4. The second kappa shape index (κ2) is 4.56. The Labute approximate surface area is 95.4 Å². The van der Waals surface area contributed by atoms with Crippen molar-refractivity contribution in [2.45, 2.75) is 32.3 Å². The maximum absolute atomic E-state index is 11.9. The molecule has 1 aromatic rings. The first-order valence-corrected chi connectivity index (χ1v) is 5.65. The molecule has 1 unspecified atom stereocenters. The summed E-state index contributed by atoms with van der Waals surface area (Å²) in [5, 5.41) is 0. The van der Waals surface area contributed by atoms with Crippen LogP contribution in [0.25, 0.3) is 0 Å². The fourth-order valence-corrected chi connectivity index (χ4v) is 1.89. The van der Waals surface area contributed by atoms with E-state index in [1.807, 2.05) is 0 Å². The van der Waals surface area contributed by atoms with Crippen molar-refractivity contribution in [2.24, 2.45) is 0 Å². The van der Waals surface area contributed by atoms with Gasteiger partial charge in [-0.15, -0.1) is 0 Å². The second-order valence-electron chi connectivity index (χ2n) is 3.98. The molecule has 1 aliphatic heterocycles. The molecular weight excluding hydrogens is 204 g/mol. The number of Topliss-reactive ketones (excluding diaryl/α,β-unsaturated/α-hetero) is 1. The highest BCUT2D eigenvalue weighted by atomic mass is 16.5. The highest BCUT2D eigenvalue weighted by Crippen LogP contribution is 2.33. The normalized spacial score (nSPS) is 18.1. The Bertz CT molecular complexity index is 398. The number of hydrogen-bond donors (Lipinski definition) is 0. The third kappa shape index (κ3) is 1.90. The van der Waals surface area contributed by atoms with Crippen molar-refractivity contribution in [3.05, 3.63) is 23.8 Å². The highest BCUT2D eigenvalue weighted by molar-refractivity contribution is 6.04. The lowest BCUT2D eigenvalue weighted by atomic mass is 10.0. The predicted molar refractivity (Wildman–Crippen MR) is 61.3 cm³/mol. The molecule has 16 heavy (non-hydrogen) atoms. The van der Waals surface area contributed by atoms with E-state index in [9.17, 15) is 4.79 Å². The summed E-state index contributed by atoms with van der Waals surface area (Å²) >= 11 is 0. The molecule has 86 valence electrons. The Kier molecular flexibility index (Phi) is 3.13. The van der Waals surface area contributed by atoms with Crippen LogP contribution in [0, 0.1) is 0 Å². The molecule has 1 aromatic carbocycles. The number of unbranched alkanes of at least 4 members (excludes halogenated alkanes) is 1. The molecule has 0 spiro atoms. The zero-order valence-corrected chi connectivity index (χ0v) is 9.66. The molecule has 1 atom stereocenters. The van der Waals surface area contributed by atoms with Crippen LogP contribution in [0.4, 0.5) is 0 Å². The molecule has 0 aromatic heterocycles. The Morgan fingerprint density at radius 2 is 2.25 bits per heavy atom. The number of fused-ring (bicyclic) bond motifs is 1. The molecule has 0 radical (unpaired) electrons. The summed E-state index contributed by atoms with van der Waals surface area (Å²) in [7, 11) is 1.60. The molecule has 0 amide bonds. The second-order valence-corrected chi connectivity index (χ2v) is 3.98. The topological polar surface area (TPSA) is 35.5 Å². The smallest absolute Gasteiger partial charge is 0.207 e. The minimum absolute atomic E-state index is 0.103. The third-order valence-corrected chi connectivity index (χ3v) is 2.84. The lowest BCUT2D eigenvalue weighted by Crippen LogP contribution is -2.19. The van der Waals surface area contributed by atoms with Crippen molar-refractivity contribution >= 4 is 5.78 Å². The summed E-state index contributed by atoms with van der Waals surface area (Å²) in [5.41, 5.74) is 0.682. The van der Waals surface area contributed by atoms with Gasteiger partial charge in [0.05, 0.1) is 12.7 Å². The van der Waals surface area contributed by atoms with Crippen molar-refractivity contribution in [1.82, 2.24) is 0 Å². The molecule has 1 heterocycles. The van der Waals surface area contributed by atoms with Crippen molar-refractivity contribution in [3.8, 4) is 11.5 Å². The minimum atomic E-state index is -0.290. The number of ether oxygens (including phenoxy) is 2. The number of hydrogen-bond acceptors (Lipinski definition) is 3. The molecular formula is C13H16O3. The van der Waals surface area contributed by atoms with Crippen molar-refractivity contribution in [2.75, 3.05) is 7.11 Å². The number of carbonyl (C=O) groups is 1. The number of methoxy groups -OCH3 is 1. The van der Waals surface area contributed by atoms with E-state index in [0.717, 1.165) is 25.0 Å². The zero-order valence-electron chi connectivity index (χ0n) is 9.66. The molecule has 0 aliphatic carbocycles. The minimum Gasteiger partial charge on any atom is -0.497 e.